The number of nitrogens with zero attached hydrogens (tertiary/aromatic N) is 3. The van der Waals surface area contributed by atoms with Crippen LogP contribution in [0.2, 0.25) is 0 Å². The minimum absolute atomic E-state index is 0.127. The van der Waals surface area contributed by atoms with Crippen LogP contribution in [0.4, 0.5) is 5.69 Å². The summed E-state index contributed by atoms with van der Waals surface area (Å²) < 4.78 is 1.88. The van der Waals surface area contributed by atoms with Gasteiger partial charge in [0.1, 0.15) is 5.75 Å². The number of phenolic OH excluding ortho intramolecular Hbond substituents is 1. The van der Waals surface area contributed by atoms with Gasteiger partial charge in [0.2, 0.25) is 0 Å². The summed E-state index contributed by atoms with van der Waals surface area (Å²) in [6, 6.07) is 7.56. The zero-order chi connectivity index (χ0) is 18.6. The van der Waals surface area contributed by atoms with Crippen LogP contribution >= 0.6 is 11.3 Å². The van der Waals surface area contributed by atoms with Gasteiger partial charge >= 0.3 is 0 Å². The second kappa shape index (κ2) is 5.63. The Morgan fingerprint density at radius 1 is 1.23 bits per heavy atom. The number of nitro groups is 1. The molecule has 26 heavy (non-hydrogen) atoms. The van der Waals surface area contributed by atoms with Crippen molar-refractivity contribution in [1.29, 1.82) is 0 Å². The second-order valence-electron chi connectivity index (χ2n) is 6.07. The lowest BCUT2D eigenvalue weighted by Gasteiger charge is -1.99. The molecule has 0 aliphatic carbocycles. The summed E-state index contributed by atoms with van der Waals surface area (Å²) in [4.78, 5) is 28.2. The molecule has 2 heterocycles. The lowest BCUT2D eigenvalue weighted by atomic mass is 10.1. The van der Waals surface area contributed by atoms with Crippen molar-refractivity contribution < 1.29 is 10.0 Å². The van der Waals surface area contributed by atoms with E-state index in [4.69, 9.17) is 0 Å². The fourth-order valence-corrected chi connectivity index (χ4v) is 3.81. The zero-order valence-electron chi connectivity index (χ0n) is 13.9. The number of aryl methyl sites for hydroxylation is 2. The highest BCUT2D eigenvalue weighted by atomic mass is 32.1. The molecule has 4 aromatic rings. The van der Waals surface area contributed by atoms with Gasteiger partial charge in [-0.2, -0.15) is 0 Å². The van der Waals surface area contributed by atoms with Gasteiger partial charge in [0.05, 0.1) is 20.5 Å². The summed E-state index contributed by atoms with van der Waals surface area (Å²) in [7, 11) is 0. The maximum absolute atomic E-state index is 12.8. The molecular formula is C18H13N3O4S. The van der Waals surface area contributed by atoms with Crippen LogP contribution in [0.15, 0.2) is 35.1 Å². The minimum atomic E-state index is -0.547. The Kier molecular flexibility index (Phi) is 3.52. The minimum Gasteiger partial charge on any atom is -0.507 e. The predicted molar refractivity (Wildman–Crippen MR) is 99.9 cm³/mol. The van der Waals surface area contributed by atoms with Gasteiger partial charge in [0.25, 0.3) is 11.2 Å². The number of non-ortho nitro benzene ring substituents is 1. The molecule has 1 N–H and O–H groups in total. The van der Waals surface area contributed by atoms with Gasteiger partial charge in [-0.05, 0) is 49.2 Å². The zero-order valence-corrected chi connectivity index (χ0v) is 14.7. The predicted octanol–water partition coefficient (Wildman–Crippen LogP) is 2.69. The number of hydrogen-bond donors (Lipinski definition) is 1. The van der Waals surface area contributed by atoms with E-state index >= 15 is 0 Å². The van der Waals surface area contributed by atoms with E-state index in [1.807, 2.05) is 26.0 Å². The maximum Gasteiger partial charge on any atom is 0.274 e. The first-order valence-corrected chi connectivity index (χ1v) is 8.58. The fourth-order valence-electron chi connectivity index (χ4n) is 2.83. The Balaban J connectivity index is 1.99. The first-order valence-electron chi connectivity index (χ1n) is 7.76. The molecule has 0 amide bonds. The summed E-state index contributed by atoms with van der Waals surface area (Å²) in [5, 5.41) is 20.9. The second-order valence-corrected chi connectivity index (χ2v) is 7.08. The molecule has 0 fully saturated rings. The monoisotopic (exact) mass is 367 g/mol. The molecule has 0 radical (unpaired) electrons. The van der Waals surface area contributed by atoms with E-state index in [2.05, 4.69) is 4.98 Å². The van der Waals surface area contributed by atoms with E-state index < -0.39 is 4.92 Å². The highest BCUT2D eigenvalue weighted by Crippen LogP contribution is 2.24. The molecular weight excluding hydrogens is 354 g/mol. The molecule has 0 bridgehead atoms. The van der Waals surface area contributed by atoms with Crippen LogP contribution in [0.1, 0.15) is 16.7 Å². The van der Waals surface area contributed by atoms with Gasteiger partial charge in [-0.1, -0.05) is 11.3 Å². The molecule has 7 nitrogen and oxygen atoms in total. The third-order valence-electron chi connectivity index (χ3n) is 4.36. The molecule has 0 spiro atoms. The average molecular weight is 367 g/mol. The number of imidazole rings is 1. The number of nitro benzene ring substituents is 1. The Bertz CT molecular complexity index is 1320. The van der Waals surface area contributed by atoms with Crippen LogP contribution in [0.25, 0.3) is 22.1 Å². The Morgan fingerprint density at radius 2 is 1.96 bits per heavy atom. The van der Waals surface area contributed by atoms with Crippen molar-refractivity contribution in [3.63, 3.8) is 0 Å². The summed E-state index contributed by atoms with van der Waals surface area (Å²) in [5.74, 6) is -0.127. The normalized spacial score (nSPS) is 12.3. The van der Waals surface area contributed by atoms with Gasteiger partial charge in [0, 0.05) is 17.7 Å². The summed E-state index contributed by atoms with van der Waals surface area (Å²) in [5.41, 5.74) is 3.45. The van der Waals surface area contributed by atoms with Crippen LogP contribution < -0.4 is 10.1 Å². The molecule has 0 unspecified atom stereocenters. The molecule has 0 aliphatic heterocycles. The Hall–Kier alpha value is -3.26. The number of phenols is 1. The SMILES string of the molecule is Cc1cc2nc3sc(=Cc4cc([N+](=O)[O-])ccc4O)c(=O)n3c2cc1C. The molecule has 0 saturated carbocycles. The van der Waals surface area contributed by atoms with Gasteiger partial charge < -0.3 is 5.11 Å². The Morgan fingerprint density at radius 3 is 2.69 bits per heavy atom. The van der Waals surface area contributed by atoms with Crippen LogP contribution in [-0.4, -0.2) is 19.4 Å². The molecule has 4 rings (SSSR count). The van der Waals surface area contributed by atoms with Gasteiger partial charge in [0.15, 0.2) is 4.96 Å². The van der Waals surface area contributed by atoms with E-state index in [9.17, 15) is 20.0 Å². The molecule has 0 saturated heterocycles. The standard InChI is InChI=1S/C18H13N3O4S/c1-9-5-13-14(6-10(9)2)20-17(23)16(26-18(20)19-13)8-11-7-12(21(24)25)3-4-15(11)22/h3-8,22H,1-2H3. The third-order valence-corrected chi connectivity index (χ3v) is 5.33. The van der Waals surface area contributed by atoms with E-state index in [0.717, 1.165) is 22.2 Å². The third kappa shape index (κ3) is 2.42. The lowest BCUT2D eigenvalue weighted by molar-refractivity contribution is -0.384. The van der Waals surface area contributed by atoms with Gasteiger partial charge in [-0.15, -0.1) is 0 Å². The van der Waals surface area contributed by atoms with Crippen molar-refractivity contribution >= 4 is 39.1 Å². The summed E-state index contributed by atoms with van der Waals surface area (Å²) in [6.45, 7) is 3.96. The molecule has 0 atom stereocenters. The highest BCUT2D eigenvalue weighted by molar-refractivity contribution is 7.15. The van der Waals surface area contributed by atoms with Crippen molar-refractivity contribution in [2.75, 3.05) is 0 Å². The van der Waals surface area contributed by atoms with Crippen molar-refractivity contribution in [3.05, 3.63) is 72.0 Å². The van der Waals surface area contributed by atoms with Gasteiger partial charge in [-0.25, -0.2) is 9.38 Å². The maximum atomic E-state index is 12.8. The first kappa shape index (κ1) is 16.2. The van der Waals surface area contributed by atoms with Crippen molar-refractivity contribution in [1.82, 2.24) is 9.38 Å². The number of thiazole rings is 1. The van der Waals surface area contributed by atoms with E-state index in [1.165, 1.54) is 40.0 Å². The topological polar surface area (TPSA) is 97.7 Å². The largest absolute Gasteiger partial charge is 0.507 e. The molecule has 2 aromatic carbocycles. The van der Waals surface area contributed by atoms with Crippen LogP contribution in [-0.2, 0) is 0 Å². The van der Waals surface area contributed by atoms with E-state index in [0.29, 0.717) is 9.49 Å². The van der Waals surface area contributed by atoms with Crippen LogP contribution in [0.3, 0.4) is 0 Å². The number of rotatable bonds is 2. The van der Waals surface area contributed by atoms with Crippen molar-refractivity contribution in [3.8, 4) is 5.75 Å². The molecule has 8 heteroatoms. The van der Waals surface area contributed by atoms with E-state index in [1.54, 1.807) is 0 Å². The average Bonchev–Trinajstić information content (AvgIpc) is 3.07. The van der Waals surface area contributed by atoms with E-state index in [-0.39, 0.29) is 22.6 Å². The molecule has 130 valence electrons. The number of aromatic nitrogens is 2. The Labute approximate surface area is 150 Å². The van der Waals surface area contributed by atoms with Crippen molar-refractivity contribution in [2.24, 2.45) is 0 Å². The number of fused-ring (bicyclic) bond motifs is 3. The fraction of sp³-hybridized carbons (Fsp3) is 0.111. The van der Waals surface area contributed by atoms with Crippen LogP contribution in [0.5, 0.6) is 5.75 Å². The van der Waals surface area contributed by atoms with Gasteiger partial charge in [-0.3, -0.25) is 14.9 Å². The smallest absolute Gasteiger partial charge is 0.274 e. The molecule has 0 aliphatic rings. The summed E-state index contributed by atoms with van der Waals surface area (Å²) in [6.07, 6.45) is 1.46. The number of aromatic hydroxyl groups is 1. The summed E-state index contributed by atoms with van der Waals surface area (Å²) >= 11 is 1.18. The lowest BCUT2D eigenvalue weighted by Crippen LogP contribution is -2.22. The number of hydrogen-bond acceptors (Lipinski definition) is 6. The first-order chi connectivity index (χ1) is 12.3. The quantitative estimate of drug-likeness (QED) is 0.434. The number of benzene rings is 2. The van der Waals surface area contributed by atoms with Crippen LogP contribution in [0, 0.1) is 24.0 Å². The molecule has 2 aromatic heterocycles. The van der Waals surface area contributed by atoms with Crippen molar-refractivity contribution in [2.45, 2.75) is 13.8 Å². The highest BCUT2D eigenvalue weighted by Gasteiger charge is 2.14.